The minimum Gasteiger partial charge on any atom is -0.392 e. The summed E-state index contributed by atoms with van der Waals surface area (Å²) in [4.78, 5) is 22.4. The zero-order valence-electron chi connectivity index (χ0n) is 21.0. The number of nitrogens with two attached hydrogens (primary N) is 1. The summed E-state index contributed by atoms with van der Waals surface area (Å²) in [6.45, 7) is -0.375. The highest BCUT2D eigenvalue weighted by Crippen LogP contribution is 2.41. The second-order valence-electron chi connectivity index (χ2n) is 10.3. The van der Waals surface area contributed by atoms with Crippen LogP contribution in [0.5, 0.6) is 0 Å². The van der Waals surface area contributed by atoms with Crippen LogP contribution in [-0.4, -0.2) is 29.4 Å². The predicted molar refractivity (Wildman–Crippen MR) is 147 cm³/mol. The van der Waals surface area contributed by atoms with E-state index in [4.69, 9.17) is 5.73 Å². The number of nitrogens with zero attached hydrogens (tertiary/aromatic N) is 5. The molecule has 0 bridgehead atoms. The number of aliphatic hydroxyl groups is 1. The summed E-state index contributed by atoms with van der Waals surface area (Å²) in [7, 11) is 0. The third kappa shape index (κ3) is 4.32. The van der Waals surface area contributed by atoms with Gasteiger partial charge in [0, 0.05) is 29.6 Å². The third-order valence-electron chi connectivity index (χ3n) is 7.40. The first-order chi connectivity index (χ1) is 19.0. The lowest BCUT2D eigenvalue weighted by molar-refractivity contribution is 0.282. The smallest absolute Gasteiger partial charge is 0.265 e. The van der Waals surface area contributed by atoms with Crippen LogP contribution >= 0.6 is 0 Å². The fourth-order valence-electron chi connectivity index (χ4n) is 5.13. The molecule has 9 nitrogen and oxygen atoms in total. The molecule has 0 saturated heterocycles. The molecule has 0 spiro atoms. The number of nitrogens with one attached hydrogen (secondary N) is 1. The number of halogens is 1. The van der Waals surface area contributed by atoms with Gasteiger partial charge in [0.15, 0.2) is 0 Å². The van der Waals surface area contributed by atoms with Crippen molar-refractivity contribution in [1.29, 1.82) is 0 Å². The number of anilines is 3. The molecule has 2 aromatic carbocycles. The quantitative estimate of drug-likeness (QED) is 0.280. The Bertz CT molecular complexity index is 1800. The molecule has 7 rings (SSSR count). The average Bonchev–Trinajstić information content (AvgIpc) is 3.86. The van der Waals surface area contributed by atoms with Crippen LogP contribution in [0.2, 0.25) is 0 Å². The zero-order chi connectivity index (χ0) is 26.7. The molecule has 0 radical (unpaired) electrons. The SMILES string of the molecule is Nc1cc(-c2cccc(-n3ccc4cc(C5CC5)cc(F)c4c3=O)c2CO)nc(Nc2cnn(C3CC3)c2)n1. The van der Waals surface area contributed by atoms with Crippen LogP contribution < -0.4 is 16.6 Å². The van der Waals surface area contributed by atoms with E-state index in [0.717, 1.165) is 36.9 Å². The largest absolute Gasteiger partial charge is 0.392 e. The first-order valence-electron chi connectivity index (χ1n) is 13.0. The van der Waals surface area contributed by atoms with Gasteiger partial charge in [-0.3, -0.25) is 14.0 Å². The Kier molecular flexibility index (Phi) is 5.44. The number of hydrogen-bond acceptors (Lipinski definition) is 7. The van der Waals surface area contributed by atoms with Gasteiger partial charge >= 0.3 is 0 Å². The maximum absolute atomic E-state index is 15.1. The highest BCUT2D eigenvalue weighted by molar-refractivity contribution is 5.84. The van der Waals surface area contributed by atoms with Gasteiger partial charge < -0.3 is 16.2 Å². The maximum atomic E-state index is 15.1. The Morgan fingerprint density at radius 3 is 2.72 bits per heavy atom. The minimum absolute atomic E-state index is 0.0284. The predicted octanol–water partition coefficient (Wildman–Crippen LogP) is 4.81. The summed E-state index contributed by atoms with van der Waals surface area (Å²) in [5.41, 5.74) is 9.25. The fraction of sp³-hybridized carbons (Fsp3) is 0.241. The van der Waals surface area contributed by atoms with Crippen LogP contribution in [0.1, 0.15) is 48.8 Å². The van der Waals surface area contributed by atoms with Crippen LogP contribution in [0, 0.1) is 5.82 Å². The van der Waals surface area contributed by atoms with Crippen molar-refractivity contribution >= 4 is 28.2 Å². The van der Waals surface area contributed by atoms with Crippen molar-refractivity contribution in [1.82, 2.24) is 24.3 Å². The maximum Gasteiger partial charge on any atom is 0.265 e. The van der Waals surface area contributed by atoms with Crippen LogP contribution in [0.4, 0.5) is 21.8 Å². The normalized spacial score (nSPS) is 15.1. The van der Waals surface area contributed by atoms with E-state index in [0.29, 0.717) is 39.9 Å². The Balaban J connectivity index is 1.29. The molecule has 10 heteroatoms. The van der Waals surface area contributed by atoms with E-state index < -0.39 is 11.4 Å². The first kappa shape index (κ1) is 23.5. The Labute approximate surface area is 222 Å². The standard InChI is InChI=1S/C29H26FN7O2/c30-23-11-18(16-4-5-16)10-17-8-9-36(28(39)27(17)23)25-3-1-2-21(22(25)15-38)24-12-26(31)35-29(34-24)33-19-13-32-37(14-19)20-6-7-20/h1-3,8-14,16,20,38H,4-7,15H2,(H3,31,33,34,35). The van der Waals surface area contributed by atoms with E-state index >= 15 is 4.39 Å². The third-order valence-corrected chi connectivity index (χ3v) is 7.40. The summed E-state index contributed by atoms with van der Waals surface area (Å²) in [5.74, 6) is 0.367. The Morgan fingerprint density at radius 1 is 1.10 bits per heavy atom. The van der Waals surface area contributed by atoms with Gasteiger partial charge in [0.1, 0.15) is 11.6 Å². The average molecular weight is 524 g/mol. The molecule has 2 aliphatic carbocycles. The van der Waals surface area contributed by atoms with Crippen molar-refractivity contribution in [2.24, 2.45) is 0 Å². The second-order valence-corrected chi connectivity index (χ2v) is 10.3. The van der Waals surface area contributed by atoms with E-state index in [1.165, 1.54) is 10.6 Å². The van der Waals surface area contributed by atoms with Crippen molar-refractivity contribution in [2.75, 3.05) is 11.1 Å². The number of pyridine rings is 1. The van der Waals surface area contributed by atoms with Gasteiger partial charge in [0.05, 0.1) is 41.3 Å². The monoisotopic (exact) mass is 523 g/mol. The number of benzene rings is 2. The lowest BCUT2D eigenvalue weighted by atomic mass is 10.0. The molecule has 0 aliphatic heterocycles. The molecule has 2 saturated carbocycles. The van der Waals surface area contributed by atoms with Crippen LogP contribution in [0.15, 0.2) is 65.8 Å². The highest BCUT2D eigenvalue weighted by atomic mass is 19.1. The van der Waals surface area contributed by atoms with Gasteiger partial charge in [-0.2, -0.15) is 10.1 Å². The first-order valence-corrected chi connectivity index (χ1v) is 13.0. The van der Waals surface area contributed by atoms with Gasteiger partial charge in [0.25, 0.3) is 5.56 Å². The summed E-state index contributed by atoms with van der Waals surface area (Å²) >= 11 is 0. The van der Waals surface area contributed by atoms with Crippen LogP contribution in [0.3, 0.4) is 0 Å². The van der Waals surface area contributed by atoms with Crippen molar-refractivity contribution in [3.63, 3.8) is 0 Å². The number of aromatic nitrogens is 5. The Morgan fingerprint density at radius 2 is 1.95 bits per heavy atom. The number of rotatable bonds is 7. The summed E-state index contributed by atoms with van der Waals surface area (Å²) in [6.07, 6.45) is 9.57. The van der Waals surface area contributed by atoms with Crippen molar-refractivity contribution < 1.29 is 9.50 Å². The Hall–Kier alpha value is -4.57. The zero-order valence-corrected chi connectivity index (χ0v) is 21.0. The molecule has 3 heterocycles. The molecular weight excluding hydrogens is 497 g/mol. The molecule has 5 aromatic rings. The molecule has 3 aromatic heterocycles. The molecule has 2 aliphatic rings. The molecule has 0 amide bonds. The number of hydrogen-bond donors (Lipinski definition) is 3. The van der Waals surface area contributed by atoms with E-state index in [2.05, 4.69) is 20.4 Å². The molecule has 0 atom stereocenters. The molecular formula is C29H26FN7O2. The van der Waals surface area contributed by atoms with Gasteiger partial charge in [-0.05, 0) is 60.7 Å². The highest BCUT2D eigenvalue weighted by Gasteiger charge is 2.26. The molecule has 0 unspecified atom stereocenters. The number of aliphatic hydroxyl groups excluding tert-OH is 1. The van der Waals surface area contributed by atoms with E-state index in [-0.39, 0.29) is 23.8 Å². The molecule has 39 heavy (non-hydrogen) atoms. The van der Waals surface area contributed by atoms with Crippen LogP contribution in [-0.2, 0) is 6.61 Å². The van der Waals surface area contributed by atoms with Gasteiger partial charge in [-0.15, -0.1) is 0 Å². The fourth-order valence-corrected chi connectivity index (χ4v) is 5.13. The van der Waals surface area contributed by atoms with Crippen LogP contribution in [0.25, 0.3) is 27.7 Å². The lowest BCUT2D eigenvalue weighted by Gasteiger charge is -2.16. The molecule has 2 fully saturated rings. The van der Waals surface area contributed by atoms with Gasteiger partial charge in [0.2, 0.25) is 5.95 Å². The minimum atomic E-state index is -0.528. The summed E-state index contributed by atoms with van der Waals surface area (Å²) < 4.78 is 18.4. The van der Waals surface area contributed by atoms with E-state index in [9.17, 15) is 9.90 Å². The van der Waals surface area contributed by atoms with Gasteiger partial charge in [-0.1, -0.05) is 18.2 Å². The second kappa shape index (κ2) is 9.02. The van der Waals surface area contributed by atoms with Crippen molar-refractivity contribution in [2.45, 2.75) is 44.2 Å². The number of fused-ring (bicyclic) bond motifs is 1. The van der Waals surface area contributed by atoms with Crippen molar-refractivity contribution in [3.05, 3.63) is 88.4 Å². The number of nitrogen functional groups attached to an aromatic ring is 1. The summed E-state index contributed by atoms with van der Waals surface area (Å²) in [6, 6.07) is 12.4. The topological polar surface area (TPSA) is 124 Å². The van der Waals surface area contributed by atoms with Crippen molar-refractivity contribution in [3.8, 4) is 16.9 Å². The van der Waals surface area contributed by atoms with Gasteiger partial charge in [-0.25, -0.2) is 9.37 Å². The van der Waals surface area contributed by atoms with E-state index in [1.807, 2.05) is 16.9 Å². The summed E-state index contributed by atoms with van der Waals surface area (Å²) in [5, 5.41) is 18.6. The van der Waals surface area contributed by atoms with E-state index in [1.54, 1.807) is 42.7 Å². The molecule has 196 valence electrons. The molecule has 4 N–H and O–H groups in total. The lowest BCUT2D eigenvalue weighted by Crippen LogP contribution is -2.20.